The molecule has 2 heterocycles. The number of pyridine rings is 1. The molecule has 0 saturated heterocycles. The van der Waals surface area contributed by atoms with E-state index in [1.165, 1.54) is 18.3 Å². The van der Waals surface area contributed by atoms with Crippen LogP contribution in [0.25, 0.3) is 11.3 Å². The van der Waals surface area contributed by atoms with Crippen LogP contribution in [0, 0.1) is 5.82 Å². The summed E-state index contributed by atoms with van der Waals surface area (Å²) in [5, 5.41) is 0. The standard InChI is InChI=1S/C12H10FN3O/c13-9-3-8(5-14-6-9)10-4-11(17)16-12(15-10)7-1-2-7/h3-7H,1-2H2,(H,15,16,17). The third-order valence-electron chi connectivity index (χ3n) is 2.72. The van der Waals surface area contributed by atoms with Gasteiger partial charge in [0.1, 0.15) is 11.6 Å². The van der Waals surface area contributed by atoms with Gasteiger partial charge < -0.3 is 4.98 Å². The van der Waals surface area contributed by atoms with Crippen molar-refractivity contribution in [2.24, 2.45) is 0 Å². The third-order valence-corrected chi connectivity index (χ3v) is 2.72. The van der Waals surface area contributed by atoms with Crippen LogP contribution < -0.4 is 5.56 Å². The minimum atomic E-state index is -0.433. The largest absolute Gasteiger partial charge is 0.310 e. The highest BCUT2D eigenvalue weighted by Crippen LogP contribution is 2.37. The van der Waals surface area contributed by atoms with Crippen molar-refractivity contribution < 1.29 is 4.39 Å². The maximum absolute atomic E-state index is 13.0. The second kappa shape index (κ2) is 3.76. The number of hydrogen-bond donors (Lipinski definition) is 1. The smallest absolute Gasteiger partial charge is 0.251 e. The minimum absolute atomic E-state index is 0.207. The number of rotatable bonds is 2. The van der Waals surface area contributed by atoms with Crippen LogP contribution in [0.4, 0.5) is 4.39 Å². The SMILES string of the molecule is O=c1cc(-c2cncc(F)c2)nc(C2CC2)[nH]1. The molecule has 1 fully saturated rings. The van der Waals surface area contributed by atoms with Crippen LogP contribution in [0.1, 0.15) is 24.6 Å². The highest BCUT2D eigenvalue weighted by Gasteiger charge is 2.26. The lowest BCUT2D eigenvalue weighted by Crippen LogP contribution is -2.10. The van der Waals surface area contributed by atoms with Crippen molar-refractivity contribution >= 4 is 0 Å². The molecule has 0 aliphatic heterocycles. The molecular weight excluding hydrogens is 221 g/mol. The van der Waals surface area contributed by atoms with Crippen molar-refractivity contribution in [3.8, 4) is 11.3 Å². The fourth-order valence-corrected chi connectivity index (χ4v) is 1.73. The number of nitrogens with one attached hydrogen (secondary N) is 1. The summed E-state index contributed by atoms with van der Waals surface area (Å²) in [7, 11) is 0. The average Bonchev–Trinajstić information content (AvgIpc) is 3.12. The average molecular weight is 231 g/mol. The first-order valence-electron chi connectivity index (χ1n) is 5.44. The van der Waals surface area contributed by atoms with Gasteiger partial charge in [-0.15, -0.1) is 0 Å². The van der Waals surface area contributed by atoms with Crippen molar-refractivity contribution in [2.75, 3.05) is 0 Å². The molecular formula is C12H10FN3O. The van der Waals surface area contributed by atoms with E-state index in [-0.39, 0.29) is 5.56 Å². The zero-order chi connectivity index (χ0) is 11.8. The molecule has 0 bridgehead atoms. The van der Waals surface area contributed by atoms with Crippen molar-refractivity contribution in [1.29, 1.82) is 0 Å². The first-order chi connectivity index (χ1) is 8.22. The number of H-pyrrole nitrogens is 1. The highest BCUT2D eigenvalue weighted by molar-refractivity contribution is 5.57. The summed E-state index contributed by atoms with van der Waals surface area (Å²) in [6, 6.07) is 2.69. The van der Waals surface area contributed by atoms with Gasteiger partial charge in [-0.1, -0.05) is 0 Å². The van der Waals surface area contributed by atoms with Crippen molar-refractivity contribution in [2.45, 2.75) is 18.8 Å². The van der Waals surface area contributed by atoms with Gasteiger partial charge in [-0.05, 0) is 18.9 Å². The predicted octanol–water partition coefficient (Wildman–Crippen LogP) is 1.85. The van der Waals surface area contributed by atoms with E-state index in [1.54, 1.807) is 0 Å². The van der Waals surface area contributed by atoms with E-state index in [1.807, 2.05) is 0 Å². The Balaban J connectivity index is 2.10. The zero-order valence-electron chi connectivity index (χ0n) is 8.98. The third kappa shape index (κ3) is 2.08. The minimum Gasteiger partial charge on any atom is -0.310 e. The molecule has 1 N–H and O–H groups in total. The van der Waals surface area contributed by atoms with E-state index in [4.69, 9.17) is 0 Å². The van der Waals surface area contributed by atoms with Gasteiger partial charge in [0.15, 0.2) is 0 Å². The molecule has 0 amide bonds. The molecule has 5 heteroatoms. The molecule has 1 aliphatic carbocycles. The quantitative estimate of drug-likeness (QED) is 0.858. The number of nitrogens with zero attached hydrogens (tertiary/aromatic N) is 2. The zero-order valence-corrected chi connectivity index (χ0v) is 8.98. The van der Waals surface area contributed by atoms with Gasteiger partial charge in [-0.3, -0.25) is 9.78 Å². The maximum Gasteiger partial charge on any atom is 0.251 e. The van der Waals surface area contributed by atoms with Crippen LogP contribution in [0.2, 0.25) is 0 Å². The molecule has 0 aromatic carbocycles. The molecule has 2 aromatic heterocycles. The Morgan fingerprint density at radius 3 is 2.82 bits per heavy atom. The fraction of sp³-hybridized carbons (Fsp3) is 0.250. The number of halogens is 1. The topological polar surface area (TPSA) is 58.6 Å². The second-order valence-electron chi connectivity index (χ2n) is 4.18. The Bertz CT molecular complexity index is 619. The lowest BCUT2D eigenvalue weighted by atomic mass is 10.2. The molecule has 86 valence electrons. The maximum atomic E-state index is 13.0. The van der Waals surface area contributed by atoms with Gasteiger partial charge in [0.05, 0.1) is 11.9 Å². The Hall–Kier alpha value is -2.04. The normalized spacial score (nSPS) is 14.9. The van der Waals surface area contributed by atoms with E-state index in [2.05, 4.69) is 15.0 Å². The molecule has 0 unspecified atom stereocenters. The lowest BCUT2D eigenvalue weighted by Gasteiger charge is -2.03. The molecule has 3 rings (SSSR count). The van der Waals surface area contributed by atoms with E-state index < -0.39 is 5.82 Å². The molecule has 0 spiro atoms. The Morgan fingerprint density at radius 1 is 1.29 bits per heavy atom. The van der Waals surface area contributed by atoms with Gasteiger partial charge in [-0.2, -0.15) is 0 Å². The number of aromatic nitrogens is 3. The Morgan fingerprint density at radius 2 is 2.12 bits per heavy atom. The summed E-state index contributed by atoms with van der Waals surface area (Å²) < 4.78 is 13.0. The van der Waals surface area contributed by atoms with Crippen molar-refractivity contribution in [1.82, 2.24) is 15.0 Å². The van der Waals surface area contributed by atoms with E-state index in [0.29, 0.717) is 23.0 Å². The van der Waals surface area contributed by atoms with Gasteiger partial charge in [0.25, 0.3) is 5.56 Å². The van der Waals surface area contributed by atoms with Crippen LogP contribution in [0.15, 0.2) is 29.3 Å². The Kier molecular flexibility index (Phi) is 2.24. The van der Waals surface area contributed by atoms with Gasteiger partial charge in [-0.25, -0.2) is 9.37 Å². The molecule has 1 saturated carbocycles. The van der Waals surface area contributed by atoms with Crippen LogP contribution >= 0.6 is 0 Å². The van der Waals surface area contributed by atoms with Gasteiger partial charge in [0.2, 0.25) is 0 Å². The molecule has 4 nitrogen and oxygen atoms in total. The molecule has 1 aliphatic rings. The van der Waals surface area contributed by atoms with Crippen molar-refractivity contribution in [3.63, 3.8) is 0 Å². The fourth-order valence-electron chi connectivity index (χ4n) is 1.73. The number of aromatic amines is 1. The highest BCUT2D eigenvalue weighted by atomic mass is 19.1. The molecule has 17 heavy (non-hydrogen) atoms. The summed E-state index contributed by atoms with van der Waals surface area (Å²) >= 11 is 0. The van der Waals surface area contributed by atoms with Crippen LogP contribution in [0.5, 0.6) is 0 Å². The van der Waals surface area contributed by atoms with E-state index in [0.717, 1.165) is 19.0 Å². The predicted molar refractivity (Wildman–Crippen MR) is 60.0 cm³/mol. The second-order valence-corrected chi connectivity index (χ2v) is 4.18. The lowest BCUT2D eigenvalue weighted by molar-refractivity contribution is 0.622. The summed E-state index contributed by atoms with van der Waals surface area (Å²) in [5.41, 5.74) is 0.793. The Labute approximate surface area is 96.6 Å². The summed E-state index contributed by atoms with van der Waals surface area (Å²) in [6.07, 6.45) is 4.72. The number of hydrogen-bond acceptors (Lipinski definition) is 3. The summed E-state index contributed by atoms with van der Waals surface area (Å²) in [6.45, 7) is 0. The van der Waals surface area contributed by atoms with Crippen molar-refractivity contribution in [3.05, 3.63) is 46.5 Å². The molecule has 0 radical (unpaired) electrons. The molecule has 2 aromatic rings. The summed E-state index contributed by atoms with van der Waals surface area (Å²) in [4.78, 5) is 22.3. The van der Waals surface area contributed by atoms with Crippen LogP contribution in [-0.4, -0.2) is 15.0 Å². The first-order valence-corrected chi connectivity index (χ1v) is 5.44. The first kappa shape index (κ1) is 10.1. The van der Waals surface area contributed by atoms with E-state index >= 15 is 0 Å². The monoisotopic (exact) mass is 231 g/mol. The van der Waals surface area contributed by atoms with E-state index in [9.17, 15) is 9.18 Å². The summed E-state index contributed by atoms with van der Waals surface area (Å²) in [5.74, 6) is 0.610. The molecule has 0 atom stereocenters. The van der Waals surface area contributed by atoms with Gasteiger partial charge in [0, 0.05) is 23.7 Å². The van der Waals surface area contributed by atoms with Crippen LogP contribution in [0.3, 0.4) is 0 Å². The van der Waals surface area contributed by atoms with Crippen LogP contribution in [-0.2, 0) is 0 Å². The van der Waals surface area contributed by atoms with Gasteiger partial charge >= 0.3 is 0 Å².